The lowest BCUT2D eigenvalue weighted by atomic mass is 9.86. The van der Waals surface area contributed by atoms with Gasteiger partial charge in [0.05, 0.1) is 0 Å². The summed E-state index contributed by atoms with van der Waals surface area (Å²) in [6.07, 6.45) is 6.00. The molecule has 0 radical (unpaired) electrons. The van der Waals surface area contributed by atoms with Gasteiger partial charge < -0.3 is 9.64 Å². The molecule has 3 aliphatic rings. The fourth-order valence-corrected chi connectivity index (χ4v) is 4.50. The molecule has 2 unspecified atom stereocenters. The van der Waals surface area contributed by atoms with Crippen molar-refractivity contribution in [2.45, 2.75) is 44.2 Å². The second kappa shape index (κ2) is 4.80. The van der Waals surface area contributed by atoms with Gasteiger partial charge in [-0.2, -0.15) is 0 Å². The second-order valence-electron chi connectivity index (χ2n) is 6.40. The zero-order valence-electron chi connectivity index (χ0n) is 11.7. The quantitative estimate of drug-likeness (QED) is 0.778. The van der Waals surface area contributed by atoms with Crippen molar-refractivity contribution in [2.75, 3.05) is 6.54 Å². The maximum absolute atomic E-state index is 12.4. The fourth-order valence-electron chi connectivity index (χ4n) is 4.50. The molecule has 1 aromatic rings. The number of carbonyl (C=O) groups excluding carboxylic acids is 1. The highest BCUT2D eigenvalue weighted by atomic mass is 16.6. The Morgan fingerprint density at radius 3 is 2.75 bits per heavy atom. The van der Waals surface area contributed by atoms with E-state index in [2.05, 4.69) is 12.1 Å². The highest BCUT2D eigenvalue weighted by Gasteiger charge is 2.51. The van der Waals surface area contributed by atoms with Gasteiger partial charge in [0.25, 0.3) is 0 Å². The standard InChI is InChI=1S/C17H21NO2/c19-17-18-11-5-4-6-12-9-10-14(15(12)18)16(20-17)13-7-2-1-3-8-13/h1-3,7-8,12,14-16H,4-6,9-11H2/t12-,14?,15?,16-/m1/s1. The first-order valence-corrected chi connectivity index (χ1v) is 7.87. The number of cyclic esters (lactones) is 1. The van der Waals surface area contributed by atoms with Crippen LogP contribution in [0.25, 0.3) is 0 Å². The van der Waals surface area contributed by atoms with Gasteiger partial charge in [-0.05, 0) is 37.2 Å². The molecule has 0 aromatic heterocycles. The summed E-state index contributed by atoms with van der Waals surface area (Å²) in [6.45, 7) is 0.887. The third kappa shape index (κ3) is 1.83. The minimum absolute atomic E-state index is 0.0342. The van der Waals surface area contributed by atoms with Crippen LogP contribution in [0.4, 0.5) is 4.79 Å². The summed E-state index contributed by atoms with van der Waals surface area (Å²) >= 11 is 0. The summed E-state index contributed by atoms with van der Waals surface area (Å²) in [5.41, 5.74) is 1.16. The van der Waals surface area contributed by atoms with Crippen molar-refractivity contribution < 1.29 is 9.53 Å². The number of hydrogen-bond acceptors (Lipinski definition) is 2. The lowest BCUT2D eigenvalue weighted by Gasteiger charge is -2.42. The SMILES string of the molecule is O=C1O[C@H](c2ccccc2)C2CC[C@H]3CCCCN1C23. The Bertz CT molecular complexity index is 501. The Morgan fingerprint density at radius 1 is 1.05 bits per heavy atom. The van der Waals surface area contributed by atoms with E-state index in [0.29, 0.717) is 17.9 Å². The number of amides is 1. The summed E-state index contributed by atoms with van der Waals surface area (Å²) in [5, 5.41) is 0. The summed E-state index contributed by atoms with van der Waals surface area (Å²) < 4.78 is 5.81. The van der Waals surface area contributed by atoms with E-state index < -0.39 is 0 Å². The minimum atomic E-state index is -0.0890. The Balaban J connectivity index is 1.69. The lowest BCUT2D eigenvalue weighted by molar-refractivity contribution is -0.0401. The molecule has 2 heterocycles. The largest absolute Gasteiger partial charge is 0.441 e. The molecular formula is C17H21NO2. The van der Waals surface area contributed by atoms with E-state index in [4.69, 9.17) is 4.74 Å². The van der Waals surface area contributed by atoms with E-state index in [1.165, 1.54) is 25.7 Å². The maximum atomic E-state index is 12.4. The van der Waals surface area contributed by atoms with Crippen molar-refractivity contribution in [1.82, 2.24) is 4.90 Å². The Morgan fingerprint density at radius 2 is 1.90 bits per heavy atom. The fraction of sp³-hybridized carbons (Fsp3) is 0.588. The minimum Gasteiger partial charge on any atom is -0.441 e. The number of rotatable bonds is 1. The van der Waals surface area contributed by atoms with Crippen LogP contribution in [0.3, 0.4) is 0 Å². The average Bonchev–Trinajstić information content (AvgIpc) is 2.77. The molecule has 3 fully saturated rings. The number of ether oxygens (including phenoxy) is 1. The van der Waals surface area contributed by atoms with Crippen molar-refractivity contribution in [3.63, 3.8) is 0 Å². The van der Waals surface area contributed by atoms with Crippen molar-refractivity contribution in [3.05, 3.63) is 35.9 Å². The van der Waals surface area contributed by atoms with Crippen LogP contribution in [-0.4, -0.2) is 23.6 Å². The molecule has 0 spiro atoms. The molecule has 4 rings (SSSR count). The van der Waals surface area contributed by atoms with Gasteiger partial charge in [-0.25, -0.2) is 4.79 Å². The summed E-state index contributed by atoms with van der Waals surface area (Å²) in [6, 6.07) is 10.7. The molecule has 4 atom stereocenters. The lowest BCUT2D eigenvalue weighted by Crippen LogP contribution is -2.51. The van der Waals surface area contributed by atoms with Crippen LogP contribution in [-0.2, 0) is 4.74 Å². The molecule has 2 aliphatic heterocycles. The zero-order valence-corrected chi connectivity index (χ0v) is 11.7. The summed E-state index contributed by atoms with van der Waals surface area (Å²) in [7, 11) is 0. The Labute approximate surface area is 119 Å². The van der Waals surface area contributed by atoms with Gasteiger partial charge in [0.1, 0.15) is 6.10 Å². The monoisotopic (exact) mass is 271 g/mol. The summed E-state index contributed by atoms with van der Waals surface area (Å²) in [5.74, 6) is 1.18. The molecule has 20 heavy (non-hydrogen) atoms. The van der Waals surface area contributed by atoms with Crippen LogP contribution in [0.2, 0.25) is 0 Å². The van der Waals surface area contributed by atoms with E-state index >= 15 is 0 Å². The van der Waals surface area contributed by atoms with Crippen molar-refractivity contribution in [1.29, 1.82) is 0 Å². The molecule has 106 valence electrons. The predicted molar refractivity (Wildman–Crippen MR) is 76.2 cm³/mol. The number of nitrogens with zero attached hydrogens (tertiary/aromatic N) is 1. The highest BCUT2D eigenvalue weighted by molar-refractivity contribution is 5.70. The van der Waals surface area contributed by atoms with Crippen molar-refractivity contribution in [2.24, 2.45) is 11.8 Å². The van der Waals surface area contributed by atoms with Crippen LogP contribution >= 0.6 is 0 Å². The molecule has 2 saturated heterocycles. The van der Waals surface area contributed by atoms with Crippen molar-refractivity contribution >= 4 is 6.09 Å². The smallest absolute Gasteiger partial charge is 0.410 e. The van der Waals surface area contributed by atoms with E-state index in [-0.39, 0.29) is 12.2 Å². The van der Waals surface area contributed by atoms with Crippen LogP contribution in [0.15, 0.2) is 30.3 Å². The van der Waals surface area contributed by atoms with E-state index in [1.807, 2.05) is 23.1 Å². The Hall–Kier alpha value is -1.51. The zero-order chi connectivity index (χ0) is 13.5. The molecular weight excluding hydrogens is 250 g/mol. The normalized spacial score (nSPS) is 36.2. The predicted octanol–water partition coefficient (Wildman–Crippen LogP) is 3.76. The van der Waals surface area contributed by atoms with Crippen LogP contribution in [0.1, 0.15) is 43.8 Å². The second-order valence-corrected chi connectivity index (χ2v) is 6.40. The van der Waals surface area contributed by atoms with Gasteiger partial charge in [-0.3, -0.25) is 0 Å². The van der Waals surface area contributed by atoms with E-state index in [0.717, 1.165) is 18.5 Å². The van der Waals surface area contributed by atoms with E-state index in [1.54, 1.807) is 0 Å². The molecule has 1 aromatic carbocycles. The molecule has 1 saturated carbocycles. The number of benzene rings is 1. The number of carbonyl (C=O) groups is 1. The first-order chi connectivity index (χ1) is 9.84. The maximum Gasteiger partial charge on any atom is 0.410 e. The van der Waals surface area contributed by atoms with Gasteiger partial charge in [0.2, 0.25) is 0 Å². The molecule has 3 nitrogen and oxygen atoms in total. The third-order valence-corrected chi connectivity index (χ3v) is 5.36. The third-order valence-electron chi connectivity index (χ3n) is 5.36. The van der Waals surface area contributed by atoms with E-state index in [9.17, 15) is 4.79 Å². The van der Waals surface area contributed by atoms with Gasteiger partial charge in [0.15, 0.2) is 0 Å². The number of hydrogen-bond donors (Lipinski definition) is 0. The average molecular weight is 271 g/mol. The topological polar surface area (TPSA) is 29.5 Å². The molecule has 0 N–H and O–H groups in total. The van der Waals surface area contributed by atoms with Crippen LogP contribution < -0.4 is 0 Å². The van der Waals surface area contributed by atoms with Gasteiger partial charge in [0, 0.05) is 18.5 Å². The molecule has 3 heteroatoms. The van der Waals surface area contributed by atoms with Crippen LogP contribution in [0.5, 0.6) is 0 Å². The molecule has 1 amide bonds. The highest BCUT2D eigenvalue weighted by Crippen LogP contribution is 2.49. The summed E-state index contributed by atoms with van der Waals surface area (Å²) in [4.78, 5) is 14.4. The van der Waals surface area contributed by atoms with Crippen LogP contribution in [0, 0.1) is 11.8 Å². The molecule has 1 aliphatic carbocycles. The van der Waals surface area contributed by atoms with Gasteiger partial charge >= 0.3 is 6.09 Å². The van der Waals surface area contributed by atoms with Gasteiger partial charge in [-0.15, -0.1) is 0 Å². The molecule has 0 bridgehead atoms. The first kappa shape index (κ1) is 12.2. The van der Waals surface area contributed by atoms with Crippen molar-refractivity contribution in [3.8, 4) is 0 Å². The first-order valence-electron chi connectivity index (χ1n) is 7.87. The Kier molecular flexibility index (Phi) is 2.94. The van der Waals surface area contributed by atoms with Gasteiger partial charge in [-0.1, -0.05) is 36.8 Å².